The fraction of sp³-hybridized carbons (Fsp3) is 0.250. The van der Waals surface area contributed by atoms with Crippen molar-refractivity contribution in [3.63, 3.8) is 0 Å². The van der Waals surface area contributed by atoms with Crippen molar-refractivity contribution in [2.24, 2.45) is 0 Å². The fourth-order valence-corrected chi connectivity index (χ4v) is 2.09. The number of benzene rings is 1. The maximum Gasteiger partial charge on any atom is 0.150 e. The van der Waals surface area contributed by atoms with E-state index in [1.807, 2.05) is 19.9 Å². The molecule has 0 aliphatic heterocycles. The SMILES string of the molecule is CC(C)c1cc(=S)n(-c2c(F)cccc2Cl)[nH]1. The molecule has 0 aliphatic rings. The summed E-state index contributed by atoms with van der Waals surface area (Å²) in [5, 5.41) is 3.40. The Hall–Kier alpha value is -1.13. The van der Waals surface area contributed by atoms with E-state index in [9.17, 15) is 4.39 Å². The van der Waals surface area contributed by atoms with Crippen LogP contribution in [-0.2, 0) is 0 Å². The highest BCUT2D eigenvalue weighted by Crippen LogP contribution is 2.24. The molecule has 90 valence electrons. The van der Waals surface area contributed by atoms with Gasteiger partial charge in [0.25, 0.3) is 0 Å². The van der Waals surface area contributed by atoms with Gasteiger partial charge in [-0.25, -0.2) is 9.07 Å². The lowest BCUT2D eigenvalue weighted by molar-refractivity contribution is 0.607. The second-order valence-electron chi connectivity index (χ2n) is 4.11. The Labute approximate surface area is 109 Å². The third kappa shape index (κ3) is 2.28. The molecule has 0 amide bonds. The minimum absolute atomic E-state index is 0.270. The lowest BCUT2D eigenvalue weighted by Crippen LogP contribution is -2.02. The number of rotatable bonds is 2. The summed E-state index contributed by atoms with van der Waals surface area (Å²) in [6.45, 7) is 4.07. The van der Waals surface area contributed by atoms with Gasteiger partial charge in [0.05, 0.1) is 5.02 Å². The van der Waals surface area contributed by atoms with E-state index in [1.54, 1.807) is 12.1 Å². The fourth-order valence-electron chi connectivity index (χ4n) is 1.58. The van der Waals surface area contributed by atoms with Crippen molar-refractivity contribution in [3.05, 3.63) is 45.4 Å². The van der Waals surface area contributed by atoms with Gasteiger partial charge in [-0.15, -0.1) is 0 Å². The van der Waals surface area contributed by atoms with Crippen LogP contribution in [0, 0.1) is 10.5 Å². The van der Waals surface area contributed by atoms with Gasteiger partial charge >= 0.3 is 0 Å². The Morgan fingerprint density at radius 1 is 1.41 bits per heavy atom. The number of hydrogen-bond donors (Lipinski definition) is 1. The Balaban J connectivity index is 2.65. The third-order valence-electron chi connectivity index (χ3n) is 2.52. The molecule has 0 atom stereocenters. The van der Waals surface area contributed by atoms with Crippen LogP contribution in [0.2, 0.25) is 5.02 Å². The number of nitrogens with one attached hydrogen (secondary N) is 1. The summed E-state index contributed by atoms with van der Waals surface area (Å²) in [6, 6.07) is 6.39. The second kappa shape index (κ2) is 4.63. The van der Waals surface area contributed by atoms with Crippen LogP contribution in [0.5, 0.6) is 0 Å². The van der Waals surface area contributed by atoms with E-state index in [-0.39, 0.29) is 5.69 Å². The molecule has 0 fully saturated rings. The summed E-state index contributed by atoms with van der Waals surface area (Å²) in [6.07, 6.45) is 0. The minimum atomic E-state index is -0.397. The minimum Gasteiger partial charge on any atom is -0.297 e. The standard InChI is InChI=1S/C12H12ClFN2S/c1-7(2)10-6-11(17)16(15-10)12-8(13)4-3-5-9(12)14/h3-7,15H,1-2H3. The Kier molecular flexibility index (Phi) is 3.35. The van der Waals surface area contributed by atoms with Gasteiger partial charge in [-0.2, -0.15) is 0 Å². The molecule has 5 heteroatoms. The molecule has 0 bridgehead atoms. The van der Waals surface area contributed by atoms with Crippen LogP contribution >= 0.6 is 23.8 Å². The highest BCUT2D eigenvalue weighted by molar-refractivity contribution is 7.71. The number of aromatic amines is 1. The van der Waals surface area contributed by atoms with Gasteiger partial charge in [0.1, 0.15) is 16.1 Å². The van der Waals surface area contributed by atoms with Crippen molar-refractivity contribution in [3.8, 4) is 5.69 Å². The van der Waals surface area contributed by atoms with E-state index >= 15 is 0 Å². The van der Waals surface area contributed by atoms with Gasteiger partial charge in [-0.3, -0.25) is 5.10 Å². The first kappa shape index (κ1) is 12.3. The van der Waals surface area contributed by atoms with E-state index < -0.39 is 5.82 Å². The smallest absolute Gasteiger partial charge is 0.150 e. The van der Waals surface area contributed by atoms with Crippen LogP contribution in [0.3, 0.4) is 0 Å². The van der Waals surface area contributed by atoms with E-state index in [4.69, 9.17) is 23.8 Å². The number of halogens is 2. The molecule has 0 radical (unpaired) electrons. The zero-order valence-corrected chi connectivity index (χ0v) is 11.1. The predicted molar refractivity (Wildman–Crippen MR) is 70.0 cm³/mol. The molecule has 2 rings (SSSR count). The van der Waals surface area contributed by atoms with E-state index in [0.29, 0.717) is 15.6 Å². The van der Waals surface area contributed by atoms with Crippen molar-refractivity contribution in [2.75, 3.05) is 0 Å². The summed E-state index contributed by atoms with van der Waals surface area (Å²) in [5.74, 6) is -0.103. The monoisotopic (exact) mass is 270 g/mol. The van der Waals surface area contributed by atoms with E-state index in [2.05, 4.69) is 5.10 Å². The van der Waals surface area contributed by atoms with Gasteiger partial charge in [0.2, 0.25) is 0 Å². The largest absolute Gasteiger partial charge is 0.297 e. The molecule has 0 spiro atoms. The number of para-hydroxylation sites is 1. The molecule has 2 nitrogen and oxygen atoms in total. The van der Waals surface area contributed by atoms with Crippen molar-refractivity contribution >= 4 is 23.8 Å². The second-order valence-corrected chi connectivity index (χ2v) is 4.94. The van der Waals surface area contributed by atoms with Crippen LogP contribution in [0.1, 0.15) is 25.5 Å². The van der Waals surface area contributed by atoms with Gasteiger partial charge in [0.15, 0.2) is 0 Å². The van der Waals surface area contributed by atoms with Crippen molar-refractivity contribution in [1.82, 2.24) is 9.78 Å². The first-order valence-electron chi connectivity index (χ1n) is 5.27. The van der Waals surface area contributed by atoms with E-state index in [0.717, 1.165) is 5.69 Å². The Morgan fingerprint density at radius 2 is 2.12 bits per heavy atom. The van der Waals surface area contributed by atoms with Gasteiger partial charge in [-0.05, 0) is 24.1 Å². The average molecular weight is 271 g/mol. The molecule has 0 saturated carbocycles. The van der Waals surface area contributed by atoms with Crippen LogP contribution in [0.4, 0.5) is 4.39 Å². The number of hydrogen-bond acceptors (Lipinski definition) is 1. The van der Waals surface area contributed by atoms with Crippen LogP contribution in [0.25, 0.3) is 5.69 Å². The zero-order chi connectivity index (χ0) is 12.6. The molecular weight excluding hydrogens is 259 g/mol. The normalized spacial score (nSPS) is 11.1. The number of aromatic nitrogens is 2. The van der Waals surface area contributed by atoms with Gasteiger partial charge in [-0.1, -0.05) is 43.7 Å². The van der Waals surface area contributed by atoms with Crippen LogP contribution in [-0.4, -0.2) is 9.78 Å². The average Bonchev–Trinajstić information content (AvgIpc) is 2.61. The summed E-state index contributed by atoms with van der Waals surface area (Å²) < 4.78 is 15.8. The first-order chi connectivity index (χ1) is 8.00. The third-order valence-corrected chi connectivity index (χ3v) is 3.13. The molecule has 1 heterocycles. The lowest BCUT2D eigenvalue weighted by atomic mass is 10.1. The van der Waals surface area contributed by atoms with E-state index in [1.165, 1.54) is 10.7 Å². The number of H-pyrrole nitrogens is 1. The zero-order valence-electron chi connectivity index (χ0n) is 9.50. The maximum atomic E-state index is 13.8. The van der Waals surface area contributed by atoms with Gasteiger partial charge in [0, 0.05) is 5.69 Å². The predicted octanol–water partition coefficient (Wildman–Crippen LogP) is 4.45. The molecule has 0 aliphatic carbocycles. The summed E-state index contributed by atoms with van der Waals surface area (Å²) in [5.41, 5.74) is 1.22. The lowest BCUT2D eigenvalue weighted by Gasteiger charge is -2.07. The maximum absolute atomic E-state index is 13.8. The molecular formula is C12H12ClFN2S. The number of nitrogens with zero attached hydrogens (tertiary/aromatic N) is 1. The molecule has 17 heavy (non-hydrogen) atoms. The van der Waals surface area contributed by atoms with Crippen molar-refractivity contribution < 1.29 is 4.39 Å². The summed E-state index contributed by atoms with van der Waals surface area (Å²) in [7, 11) is 0. The molecule has 2 aromatic rings. The van der Waals surface area contributed by atoms with Crippen LogP contribution < -0.4 is 0 Å². The first-order valence-corrected chi connectivity index (χ1v) is 6.05. The summed E-state index contributed by atoms with van der Waals surface area (Å²) in [4.78, 5) is 0. The molecule has 1 aromatic heterocycles. The van der Waals surface area contributed by atoms with Gasteiger partial charge < -0.3 is 0 Å². The molecule has 0 saturated heterocycles. The summed E-state index contributed by atoms with van der Waals surface area (Å²) >= 11 is 11.2. The Morgan fingerprint density at radius 3 is 2.65 bits per heavy atom. The Bertz CT molecular complexity index is 581. The highest BCUT2D eigenvalue weighted by Gasteiger charge is 2.12. The van der Waals surface area contributed by atoms with Crippen molar-refractivity contribution in [2.45, 2.75) is 19.8 Å². The van der Waals surface area contributed by atoms with Crippen LogP contribution in [0.15, 0.2) is 24.3 Å². The molecule has 0 unspecified atom stereocenters. The topological polar surface area (TPSA) is 20.7 Å². The highest BCUT2D eigenvalue weighted by atomic mass is 35.5. The van der Waals surface area contributed by atoms with Crippen molar-refractivity contribution in [1.29, 1.82) is 0 Å². The quantitative estimate of drug-likeness (QED) is 0.800. The molecule has 1 aromatic carbocycles. The molecule has 1 N–H and O–H groups in total.